The van der Waals surface area contributed by atoms with Crippen molar-refractivity contribution >= 4 is 58.5 Å². The molecule has 3 aliphatic heterocycles. The number of likely N-dealkylation sites (tertiary alicyclic amines) is 1. The van der Waals surface area contributed by atoms with Crippen molar-refractivity contribution in [3.05, 3.63) is 64.8 Å². The van der Waals surface area contributed by atoms with Gasteiger partial charge in [0.2, 0.25) is 19.3 Å². The lowest BCUT2D eigenvalue weighted by atomic mass is 9.91. The number of hydrogen-bond donors (Lipinski definition) is 3. The molecule has 14 nitrogen and oxygen atoms in total. The number of nitrogens with one attached hydrogen (secondary N) is 3. The summed E-state index contributed by atoms with van der Waals surface area (Å²) >= 11 is 1.31. The molecule has 0 saturated carbocycles. The van der Waals surface area contributed by atoms with Crippen LogP contribution < -0.4 is 15.5 Å². The van der Waals surface area contributed by atoms with Crippen molar-refractivity contribution in [1.82, 2.24) is 30.3 Å². The van der Waals surface area contributed by atoms with Gasteiger partial charge in [0.15, 0.2) is 0 Å². The lowest BCUT2D eigenvalue weighted by Gasteiger charge is -2.42. The number of nitrogens with zero attached hydrogens (tertiary/aromatic N) is 3. The minimum absolute atomic E-state index is 0.00882. The van der Waals surface area contributed by atoms with Crippen LogP contribution in [0.4, 0.5) is 0 Å². The lowest BCUT2D eigenvalue weighted by molar-refractivity contribution is -0.149. The Labute approximate surface area is 338 Å². The van der Waals surface area contributed by atoms with Crippen molar-refractivity contribution in [2.75, 3.05) is 19.6 Å². The van der Waals surface area contributed by atoms with E-state index >= 15 is 0 Å². The van der Waals surface area contributed by atoms with Crippen molar-refractivity contribution in [2.45, 2.75) is 122 Å². The summed E-state index contributed by atoms with van der Waals surface area (Å²) in [5.74, 6) is -1.68. The van der Waals surface area contributed by atoms with Crippen LogP contribution >= 0.6 is 18.8 Å². The highest BCUT2D eigenvalue weighted by Gasteiger charge is 2.47. The summed E-state index contributed by atoms with van der Waals surface area (Å²) < 4.78 is 25.9. The molecule has 1 aromatic carbocycles. The molecule has 0 radical (unpaired) electrons. The third-order valence-electron chi connectivity index (χ3n) is 10.8. The maximum Gasteiger partial charge on any atom is 0.323 e. The zero-order valence-corrected chi connectivity index (χ0v) is 35.3. The summed E-state index contributed by atoms with van der Waals surface area (Å²) in [4.78, 5) is 74.9. The molecule has 0 bridgehead atoms. The van der Waals surface area contributed by atoms with Gasteiger partial charge in [0, 0.05) is 48.7 Å². The van der Waals surface area contributed by atoms with Gasteiger partial charge < -0.3 is 24.6 Å². The highest BCUT2D eigenvalue weighted by molar-refractivity contribution is 7.59. The molecule has 6 rings (SSSR count). The van der Waals surface area contributed by atoms with Crippen LogP contribution in [-0.2, 0) is 39.4 Å². The van der Waals surface area contributed by atoms with Crippen molar-refractivity contribution in [2.24, 2.45) is 5.92 Å². The molecule has 16 heteroatoms. The summed E-state index contributed by atoms with van der Waals surface area (Å²) in [6, 6.07) is 8.88. The van der Waals surface area contributed by atoms with Crippen LogP contribution in [0.3, 0.4) is 0 Å². The summed E-state index contributed by atoms with van der Waals surface area (Å²) in [5.41, 5.74) is 1.77. The number of carbonyl (C=O) groups excluding carboxylic acids is 5. The van der Waals surface area contributed by atoms with Gasteiger partial charge in [-0.1, -0.05) is 18.6 Å². The topological polar surface area (TPSA) is 176 Å². The van der Waals surface area contributed by atoms with E-state index in [-0.39, 0.29) is 54.6 Å². The smallest absolute Gasteiger partial charge is 0.323 e. The number of fused-ring (bicyclic) bond motifs is 2. The molecular weight excluding hydrogens is 768 g/mol. The number of carbonyl (C=O) groups is 5. The summed E-state index contributed by atoms with van der Waals surface area (Å²) in [7, 11) is -3.65. The number of benzene rings is 1. The molecule has 3 aromatic rings. The number of thiophene rings is 1. The number of esters is 2. The molecule has 308 valence electrons. The quantitative estimate of drug-likeness (QED) is 0.133. The summed E-state index contributed by atoms with van der Waals surface area (Å²) in [5, 5.41) is 9.56. The highest BCUT2D eigenvalue weighted by atomic mass is 32.1. The third kappa shape index (κ3) is 10.3. The van der Waals surface area contributed by atoms with Gasteiger partial charge in [-0.25, -0.2) is 10.2 Å². The molecule has 3 aliphatic rings. The predicted molar refractivity (Wildman–Crippen MR) is 218 cm³/mol. The monoisotopic (exact) mass is 822 g/mol. The number of ether oxygens (including phenoxy) is 2. The predicted octanol–water partition coefficient (Wildman–Crippen LogP) is 5.36. The van der Waals surface area contributed by atoms with Gasteiger partial charge in [-0.05, 0) is 108 Å². The van der Waals surface area contributed by atoms with Gasteiger partial charge in [0.1, 0.15) is 18.1 Å². The van der Waals surface area contributed by atoms with Gasteiger partial charge in [-0.3, -0.25) is 33.5 Å². The second-order valence-corrected chi connectivity index (χ2v) is 19.5. The van der Waals surface area contributed by atoms with Gasteiger partial charge >= 0.3 is 11.9 Å². The summed E-state index contributed by atoms with van der Waals surface area (Å²) in [6.45, 7) is 11.4. The molecule has 0 aliphatic carbocycles. The zero-order valence-electron chi connectivity index (χ0n) is 33.6. The molecule has 2 aromatic heterocycles. The van der Waals surface area contributed by atoms with Crippen molar-refractivity contribution in [1.29, 1.82) is 0 Å². The number of aromatic nitrogens is 1. The van der Waals surface area contributed by atoms with Crippen molar-refractivity contribution < 1.29 is 38.0 Å². The Morgan fingerprint density at radius 1 is 0.912 bits per heavy atom. The van der Waals surface area contributed by atoms with Crippen LogP contribution in [0.2, 0.25) is 0 Å². The Balaban J connectivity index is 1.09. The fourth-order valence-electron chi connectivity index (χ4n) is 7.95. The second kappa shape index (κ2) is 18.2. The standard InChI is InChI=1S/C41H55N6O8PS/c1-24(2)54-40(51)26(5)44-56(53,45-27(6)41(52)55-25(3)4)23-28-12-15-35-31(17-28)18-36(57-35)37(48)43-20-30-9-7-11-33-13-14-34(47(33)38(30)49)39(50)46-21-32(22-46)29-10-8-16-42-19-29/h8,10,12,15-19,24-27,30,32-34H,7,9,11,13-14,20-23H2,1-6H3,(H,43,48)(H2,44,45,53)/t26-,27-,30?,33-,34-/m0/s1. The Hall–Kier alpha value is -4.17. The zero-order chi connectivity index (χ0) is 41.0. The Kier molecular flexibility index (Phi) is 13.5. The van der Waals surface area contributed by atoms with Crippen molar-refractivity contribution in [3.63, 3.8) is 0 Å². The van der Waals surface area contributed by atoms with E-state index in [0.29, 0.717) is 36.4 Å². The molecule has 57 heavy (non-hydrogen) atoms. The maximum absolute atomic E-state index is 14.4. The van der Waals surface area contributed by atoms with Gasteiger partial charge in [0.25, 0.3) is 5.91 Å². The van der Waals surface area contributed by atoms with E-state index in [9.17, 15) is 28.5 Å². The van der Waals surface area contributed by atoms with E-state index in [1.165, 1.54) is 11.3 Å². The molecular formula is C41H55N6O8PS. The van der Waals surface area contributed by atoms with Crippen molar-refractivity contribution in [3.8, 4) is 0 Å². The Morgan fingerprint density at radius 2 is 1.60 bits per heavy atom. The summed E-state index contributed by atoms with van der Waals surface area (Å²) in [6.07, 6.45) is 6.59. The number of rotatable bonds is 15. The van der Waals surface area contributed by atoms with Crippen LogP contribution in [0.5, 0.6) is 0 Å². The minimum atomic E-state index is -3.65. The van der Waals surface area contributed by atoms with Crippen LogP contribution in [0.1, 0.15) is 100 Å². The molecule has 0 spiro atoms. The molecule has 5 heterocycles. The van der Waals surface area contributed by atoms with E-state index in [1.54, 1.807) is 59.9 Å². The minimum Gasteiger partial charge on any atom is -0.462 e. The first kappa shape index (κ1) is 42.4. The van der Waals surface area contributed by atoms with E-state index in [1.807, 2.05) is 40.3 Å². The van der Waals surface area contributed by atoms with Crippen LogP contribution in [-0.4, -0.2) is 100 Å². The van der Waals surface area contributed by atoms with Crippen LogP contribution in [0.25, 0.3) is 10.1 Å². The van der Waals surface area contributed by atoms with Gasteiger partial charge in [0.05, 0.1) is 29.2 Å². The first-order valence-electron chi connectivity index (χ1n) is 20.0. The first-order chi connectivity index (χ1) is 27.1. The number of pyridine rings is 1. The molecule has 3 amide bonds. The first-order valence-corrected chi connectivity index (χ1v) is 22.7. The van der Waals surface area contributed by atoms with E-state index in [2.05, 4.69) is 20.5 Å². The fourth-order valence-corrected chi connectivity index (χ4v) is 11.3. The fraction of sp³-hybridized carbons (Fsp3) is 0.561. The van der Waals surface area contributed by atoms with E-state index in [4.69, 9.17) is 9.47 Å². The Morgan fingerprint density at radius 3 is 2.23 bits per heavy atom. The van der Waals surface area contributed by atoms with Crippen LogP contribution in [0, 0.1) is 5.92 Å². The van der Waals surface area contributed by atoms with E-state index < -0.39 is 43.4 Å². The molecule has 1 unspecified atom stereocenters. The molecule has 3 N–H and O–H groups in total. The van der Waals surface area contributed by atoms with Gasteiger partial charge in [-0.15, -0.1) is 11.3 Å². The van der Waals surface area contributed by atoms with Gasteiger partial charge in [-0.2, -0.15) is 0 Å². The maximum atomic E-state index is 14.4. The lowest BCUT2D eigenvalue weighted by Crippen LogP contribution is -2.57. The average molecular weight is 823 g/mol. The normalized spacial score (nSPS) is 21.2. The van der Waals surface area contributed by atoms with E-state index in [0.717, 1.165) is 34.9 Å². The SMILES string of the molecule is CC(C)OC(=O)[C@H](C)NP(=O)(Cc1ccc2sc(C(=O)NCC3CCC[C@H]4CC[C@@H](C(=O)N5CC(c6cccnc6)C5)N4C3=O)cc2c1)N[C@@H](C)C(=O)OC(C)C. The molecule has 3 saturated heterocycles. The largest absolute Gasteiger partial charge is 0.462 e. The second-order valence-electron chi connectivity index (χ2n) is 16.1. The molecule has 5 atom stereocenters. The Bertz CT molecular complexity index is 1970. The molecule has 3 fully saturated rings. The van der Waals surface area contributed by atoms with Crippen LogP contribution in [0.15, 0.2) is 48.8 Å². The average Bonchev–Trinajstić information content (AvgIpc) is 3.72. The highest BCUT2D eigenvalue weighted by Crippen LogP contribution is 2.43. The number of amides is 3. The third-order valence-corrected chi connectivity index (χ3v) is 14.3. The number of hydrogen-bond acceptors (Lipinski definition) is 10.